The molecule has 0 saturated carbocycles. The van der Waals surface area contributed by atoms with Crippen LogP contribution >= 0.6 is 0 Å². The molecule has 0 radical (unpaired) electrons. The van der Waals surface area contributed by atoms with Crippen LogP contribution in [0.5, 0.6) is 0 Å². The van der Waals surface area contributed by atoms with Gasteiger partial charge in [0.1, 0.15) is 0 Å². The summed E-state index contributed by atoms with van der Waals surface area (Å²) in [7, 11) is 0. The summed E-state index contributed by atoms with van der Waals surface area (Å²) < 4.78 is 0. The summed E-state index contributed by atoms with van der Waals surface area (Å²) >= 11 is 0. The number of nitrogens with zero attached hydrogens (tertiary/aromatic N) is 1. The molecule has 1 aliphatic heterocycles. The molecule has 2 atom stereocenters. The zero-order chi connectivity index (χ0) is 22.6. The molecule has 1 amide bonds. The second-order valence-electron chi connectivity index (χ2n) is 9.45. The Bertz CT molecular complexity index is 921. The summed E-state index contributed by atoms with van der Waals surface area (Å²) in [5, 5.41) is 9.22. The average molecular weight is 423 g/mol. The second-order valence-corrected chi connectivity index (χ2v) is 9.45. The van der Waals surface area contributed by atoms with Crippen molar-refractivity contribution in [1.29, 1.82) is 0 Å². The molecule has 0 aromatic heterocycles. The number of rotatable bonds is 8. The minimum atomic E-state index is -0.981. The number of primary amides is 1. The molecular weight excluding hydrogens is 388 g/mol. The molecule has 0 aliphatic carbocycles. The predicted octanol–water partition coefficient (Wildman–Crippen LogP) is 5.16. The van der Waals surface area contributed by atoms with Crippen LogP contribution in [0.15, 0.2) is 48.5 Å². The van der Waals surface area contributed by atoms with Crippen molar-refractivity contribution in [1.82, 2.24) is 0 Å². The van der Waals surface area contributed by atoms with Crippen LogP contribution in [0.25, 0.3) is 0 Å². The number of amides is 1. The number of hydrogen-bond donors (Lipinski definition) is 2. The molecule has 1 aliphatic rings. The first-order valence-corrected chi connectivity index (χ1v) is 11.2. The number of carbonyl (C=O) groups is 2. The van der Waals surface area contributed by atoms with Crippen molar-refractivity contribution >= 4 is 17.6 Å². The Balaban J connectivity index is 2.04. The van der Waals surface area contributed by atoms with E-state index in [0.717, 1.165) is 43.5 Å². The summed E-state index contributed by atoms with van der Waals surface area (Å²) in [6.07, 6.45) is 4.10. The maximum Gasteiger partial charge on any atom is 0.335 e. The molecule has 2 aromatic carbocycles. The van der Waals surface area contributed by atoms with E-state index in [-0.39, 0.29) is 22.8 Å². The third-order valence-corrected chi connectivity index (χ3v) is 6.40. The van der Waals surface area contributed by atoms with Crippen LogP contribution in [0.2, 0.25) is 0 Å². The number of benzene rings is 2. The van der Waals surface area contributed by atoms with Crippen molar-refractivity contribution in [2.45, 2.75) is 58.3 Å². The number of hydrogen-bond acceptors (Lipinski definition) is 3. The summed E-state index contributed by atoms with van der Waals surface area (Å²) in [6, 6.07) is 14.9. The highest BCUT2D eigenvalue weighted by molar-refractivity contribution is 5.88. The van der Waals surface area contributed by atoms with Gasteiger partial charge in [0.05, 0.1) is 11.5 Å². The molecule has 0 spiro atoms. The van der Waals surface area contributed by atoms with Crippen molar-refractivity contribution in [3.05, 3.63) is 65.2 Å². The van der Waals surface area contributed by atoms with Gasteiger partial charge in [-0.25, -0.2) is 4.79 Å². The van der Waals surface area contributed by atoms with Gasteiger partial charge in [0, 0.05) is 24.7 Å². The highest BCUT2D eigenvalue weighted by Gasteiger charge is 2.33. The third-order valence-electron chi connectivity index (χ3n) is 6.40. The van der Waals surface area contributed by atoms with E-state index in [1.54, 1.807) is 24.3 Å². The van der Waals surface area contributed by atoms with Gasteiger partial charge in [0.25, 0.3) is 0 Å². The number of anilines is 1. The van der Waals surface area contributed by atoms with Crippen LogP contribution in [-0.4, -0.2) is 30.1 Å². The fraction of sp³-hybridized carbons (Fsp3) is 0.462. The average Bonchev–Trinajstić information content (AvgIpc) is 2.73. The minimum absolute atomic E-state index is 0.0700. The van der Waals surface area contributed by atoms with Crippen LogP contribution in [0.3, 0.4) is 0 Å². The van der Waals surface area contributed by atoms with Crippen molar-refractivity contribution in [3.8, 4) is 0 Å². The monoisotopic (exact) mass is 422 g/mol. The van der Waals surface area contributed by atoms with Crippen LogP contribution in [0.4, 0.5) is 5.69 Å². The molecule has 0 bridgehead atoms. The molecule has 1 heterocycles. The topological polar surface area (TPSA) is 83.6 Å². The summed E-state index contributed by atoms with van der Waals surface area (Å²) in [5.74, 6) is -1.94. The van der Waals surface area contributed by atoms with Gasteiger partial charge in [0.2, 0.25) is 5.91 Å². The van der Waals surface area contributed by atoms with E-state index in [4.69, 9.17) is 5.73 Å². The smallest absolute Gasteiger partial charge is 0.335 e. The molecule has 1 saturated heterocycles. The molecule has 166 valence electrons. The Morgan fingerprint density at radius 2 is 1.81 bits per heavy atom. The molecule has 5 heteroatoms. The zero-order valence-corrected chi connectivity index (χ0v) is 18.8. The summed E-state index contributed by atoms with van der Waals surface area (Å²) in [5.41, 5.74) is 9.49. The van der Waals surface area contributed by atoms with Gasteiger partial charge in [0.15, 0.2) is 0 Å². The third kappa shape index (κ3) is 5.27. The van der Waals surface area contributed by atoms with E-state index in [9.17, 15) is 14.7 Å². The first-order chi connectivity index (χ1) is 14.7. The van der Waals surface area contributed by atoms with Crippen molar-refractivity contribution < 1.29 is 14.7 Å². The molecule has 3 rings (SSSR count). The highest BCUT2D eigenvalue weighted by atomic mass is 16.4. The molecule has 1 fully saturated rings. The number of carbonyl (C=O) groups excluding carboxylic acids is 1. The van der Waals surface area contributed by atoms with E-state index < -0.39 is 11.9 Å². The molecule has 3 N–H and O–H groups in total. The maximum absolute atomic E-state index is 12.7. The zero-order valence-electron chi connectivity index (χ0n) is 18.8. The number of carboxylic acid groups (broad SMARTS) is 1. The minimum Gasteiger partial charge on any atom is -0.478 e. The van der Waals surface area contributed by atoms with Gasteiger partial charge in [-0.1, -0.05) is 57.5 Å². The van der Waals surface area contributed by atoms with Crippen LogP contribution in [0.1, 0.15) is 79.8 Å². The van der Waals surface area contributed by atoms with Gasteiger partial charge < -0.3 is 15.7 Å². The van der Waals surface area contributed by atoms with E-state index in [1.807, 2.05) is 6.07 Å². The Morgan fingerprint density at radius 1 is 1.13 bits per heavy atom. The lowest BCUT2D eigenvalue weighted by molar-refractivity contribution is -0.120. The lowest BCUT2D eigenvalue weighted by atomic mass is 9.77. The predicted molar refractivity (Wildman–Crippen MR) is 125 cm³/mol. The van der Waals surface area contributed by atoms with E-state index in [1.165, 1.54) is 12.1 Å². The Kier molecular flexibility index (Phi) is 7.04. The van der Waals surface area contributed by atoms with E-state index >= 15 is 0 Å². The Hall–Kier alpha value is -2.82. The number of para-hydroxylation sites is 1. The largest absolute Gasteiger partial charge is 0.478 e. The normalized spacial score (nSPS) is 17.7. The van der Waals surface area contributed by atoms with Gasteiger partial charge in [-0.3, -0.25) is 4.79 Å². The van der Waals surface area contributed by atoms with Gasteiger partial charge in [-0.05, 0) is 54.0 Å². The molecule has 5 nitrogen and oxygen atoms in total. The quantitative estimate of drug-likeness (QED) is 0.615. The molecular formula is C26H34N2O3. The Labute approximate surface area is 185 Å². The number of aromatic carboxylic acids is 1. The second kappa shape index (κ2) is 9.54. The molecule has 31 heavy (non-hydrogen) atoms. The number of carboxylic acids is 1. The summed E-state index contributed by atoms with van der Waals surface area (Å²) in [4.78, 5) is 26.4. The van der Waals surface area contributed by atoms with Crippen molar-refractivity contribution in [3.63, 3.8) is 0 Å². The molecule has 2 aromatic rings. The van der Waals surface area contributed by atoms with Crippen LogP contribution < -0.4 is 10.6 Å². The lowest BCUT2D eigenvalue weighted by Crippen LogP contribution is -2.41. The van der Waals surface area contributed by atoms with Crippen LogP contribution in [-0.2, 0) is 4.79 Å². The van der Waals surface area contributed by atoms with E-state index in [0.29, 0.717) is 0 Å². The first-order valence-electron chi connectivity index (χ1n) is 11.2. The highest BCUT2D eigenvalue weighted by Crippen LogP contribution is 2.42. The molecule has 2 unspecified atom stereocenters. The Morgan fingerprint density at radius 3 is 2.39 bits per heavy atom. The summed E-state index contributed by atoms with van der Waals surface area (Å²) in [6.45, 7) is 8.72. The standard InChI is InChI=1S/C26H34N2O3/c1-4-8-21(23(24(27)29)18-11-13-19(14-12-18)25(30)31)20-9-5-6-10-22(20)28-16-7-15-26(2,3)17-28/h5-6,9-14,21,23H,4,7-8,15-17H2,1-3H3,(H2,27,29)(H,30,31). The first kappa shape index (κ1) is 22.9. The van der Waals surface area contributed by atoms with Crippen LogP contribution in [0, 0.1) is 5.41 Å². The lowest BCUT2D eigenvalue weighted by Gasteiger charge is -2.41. The van der Waals surface area contributed by atoms with Gasteiger partial charge >= 0.3 is 5.97 Å². The van der Waals surface area contributed by atoms with Crippen molar-refractivity contribution in [2.24, 2.45) is 11.1 Å². The number of nitrogens with two attached hydrogens (primary N) is 1. The van der Waals surface area contributed by atoms with Crippen molar-refractivity contribution in [2.75, 3.05) is 18.0 Å². The number of piperidine rings is 1. The maximum atomic E-state index is 12.7. The fourth-order valence-corrected chi connectivity index (χ4v) is 4.96. The van der Waals surface area contributed by atoms with Gasteiger partial charge in [-0.15, -0.1) is 0 Å². The fourth-order valence-electron chi connectivity index (χ4n) is 4.96. The van der Waals surface area contributed by atoms with Gasteiger partial charge in [-0.2, -0.15) is 0 Å². The van der Waals surface area contributed by atoms with E-state index in [2.05, 4.69) is 43.9 Å². The SMILES string of the molecule is CCCC(c1ccccc1N1CCCC(C)(C)C1)C(C(N)=O)c1ccc(C(=O)O)cc1.